The molecule has 0 saturated heterocycles. The van der Waals surface area contributed by atoms with Crippen molar-refractivity contribution in [3.63, 3.8) is 0 Å². The molecule has 13 heavy (non-hydrogen) atoms. The van der Waals surface area contributed by atoms with E-state index in [9.17, 15) is 0 Å². The van der Waals surface area contributed by atoms with Gasteiger partial charge in [-0.15, -0.1) is 0 Å². The highest BCUT2D eigenvalue weighted by Crippen LogP contribution is 2.29. The molecule has 1 heterocycles. The highest BCUT2D eigenvalue weighted by Gasteiger charge is 2.13. The fourth-order valence-corrected chi connectivity index (χ4v) is 1.37. The molecule has 0 amide bonds. The van der Waals surface area contributed by atoms with Gasteiger partial charge in [0.05, 0.1) is 11.4 Å². The summed E-state index contributed by atoms with van der Waals surface area (Å²) in [6, 6.07) is 7.72. The SMILES string of the molecule is NNC1=C(Cl)Nc2ccccc2N1. The van der Waals surface area contributed by atoms with E-state index in [4.69, 9.17) is 17.4 Å². The van der Waals surface area contributed by atoms with Gasteiger partial charge in [-0.25, -0.2) is 5.84 Å². The van der Waals surface area contributed by atoms with E-state index in [1.165, 1.54) is 0 Å². The highest BCUT2D eigenvalue weighted by atomic mass is 35.5. The second kappa shape index (κ2) is 3.16. The van der Waals surface area contributed by atoms with Gasteiger partial charge >= 0.3 is 0 Å². The Labute approximate surface area is 80.7 Å². The zero-order valence-electron chi connectivity index (χ0n) is 6.76. The molecule has 0 saturated carbocycles. The molecule has 68 valence electrons. The summed E-state index contributed by atoms with van der Waals surface area (Å²) in [4.78, 5) is 0. The lowest BCUT2D eigenvalue weighted by molar-refractivity contribution is 0.881. The number of hydrazine groups is 1. The number of fused-ring (bicyclic) bond motifs is 1. The van der Waals surface area contributed by atoms with Gasteiger partial charge in [0.15, 0.2) is 5.82 Å². The van der Waals surface area contributed by atoms with Gasteiger partial charge in [0.1, 0.15) is 5.16 Å². The minimum atomic E-state index is 0.459. The molecule has 0 spiro atoms. The van der Waals surface area contributed by atoms with Crippen LogP contribution < -0.4 is 21.9 Å². The summed E-state index contributed by atoms with van der Waals surface area (Å²) in [7, 11) is 0. The van der Waals surface area contributed by atoms with E-state index in [-0.39, 0.29) is 0 Å². The lowest BCUT2D eigenvalue weighted by Gasteiger charge is -2.22. The summed E-state index contributed by atoms with van der Waals surface area (Å²) in [6.07, 6.45) is 0. The molecule has 1 aliphatic rings. The number of rotatable bonds is 1. The maximum atomic E-state index is 5.87. The minimum Gasteiger partial charge on any atom is -0.341 e. The number of anilines is 2. The van der Waals surface area contributed by atoms with E-state index in [1.807, 2.05) is 24.3 Å². The van der Waals surface area contributed by atoms with Crippen molar-refractivity contribution >= 4 is 23.0 Å². The Bertz CT molecular complexity index is 361. The average molecular weight is 197 g/mol. The fraction of sp³-hybridized carbons (Fsp3) is 0. The van der Waals surface area contributed by atoms with Crippen LogP contribution in [-0.2, 0) is 0 Å². The van der Waals surface area contributed by atoms with Crippen LogP contribution in [0.4, 0.5) is 11.4 Å². The van der Waals surface area contributed by atoms with Crippen molar-refractivity contribution in [2.24, 2.45) is 5.84 Å². The number of hydrogen-bond acceptors (Lipinski definition) is 4. The van der Waals surface area contributed by atoms with Gasteiger partial charge in [-0.3, -0.25) is 0 Å². The molecule has 4 nitrogen and oxygen atoms in total. The third-order valence-electron chi connectivity index (χ3n) is 1.79. The largest absolute Gasteiger partial charge is 0.341 e. The fourth-order valence-electron chi connectivity index (χ4n) is 1.17. The smallest absolute Gasteiger partial charge is 0.154 e. The van der Waals surface area contributed by atoms with Crippen LogP contribution in [0.1, 0.15) is 0 Å². The molecular formula is C8H9ClN4. The van der Waals surface area contributed by atoms with E-state index in [2.05, 4.69) is 16.1 Å². The van der Waals surface area contributed by atoms with Crippen LogP contribution in [0, 0.1) is 0 Å². The Balaban J connectivity index is 2.37. The van der Waals surface area contributed by atoms with Gasteiger partial charge in [-0.05, 0) is 12.1 Å². The van der Waals surface area contributed by atoms with Crippen LogP contribution >= 0.6 is 11.6 Å². The van der Waals surface area contributed by atoms with Crippen molar-refractivity contribution < 1.29 is 0 Å². The first-order chi connectivity index (χ1) is 6.31. The molecule has 5 N–H and O–H groups in total. The monoisotopic (exact) mass is 196 g/mol. The van der Waals surface area contributed by atoms with E-state index >= 15 is 0 Å². The Morgan fingerprint density at radius 1 is 1.15 bits per heavy atom. The van der Waals surface area contributed by atoms with E-state index in [1.54, 1.807) is 0 Å². The molecule has 1 aromatic rings. The van der Waals surface area contributed by atoms with Crippen LogP contribution in [0.15, 0.2) is 35.2 Å². The second-order valence-corrected chi connectivity index (χ2v) is 3.01. The molecule has 5 heteroatoms. The summed E-state index contributed by atoms with van der Waals surface area (Å²) in [6.45, 7) is 0. The molecule has 0 bridgehead atoms. The Hall–Kier alpha value is -1.39. The van der Waals surface area contributed by atoms with Crippen LogP contribution in [0.2, 0.25) is 0 Å². The van der Waals surface area contributed by atoms with Gasteiger partial charge in [0.2, 0.25) is 0 Å². The standard InChI is InChI=1S/C8H9ClN4/c9-7-8(13-10)12-6-4-2-1-3-5(6)11-7/h1-4,11-13H,10H2. The Morgan fingerprint density at radius 2 is 1.77 bits per heavy atom. The van der Waals surface area contributed by atoms with E-state index in [0.29, 0.717) is 11.0 Å². The van der Waals surface area contributed by atoms with E-state index < -0.39 is 0 Å². The zero-order valence-corrected chi connectivity index (χ0v) is 7.52. The quantitative estimate of drug-likeness (QED) is 0.311. The molecule has 1 aliphatic heterocycles. The molecule has 0 aliphatic carbocycles. The number of hydrogen-bond donors (Lipinski definition) is 4. The van der Waals surface area contributed by atoms with Crippen molar-refractivity contribution in [3.05, 3.63) is 35.2 Å². The first-order valence-corrected chi connectivity index (χ1v) is 4.18. The normalized spacial score (nSPS) is 14.3. The maximum absolute atomic E-state index is 5.87. The number of halogens is 1. The molecule has 0 unspecified atom stereocenters. The molecule has 0 aromatic heterocycles. The van der Waals surface area contributed by atoms with Crippen molar-refractivity contribution in [3.8, 4) is 0 Å². The predicted molar refractivity (Wildman–Crippen MR) is 53.9 cm³/mol. The van der Waals surface area contributed by atoms with Crippen LogP contribution in [0.5, 0.6) is 0 Å². The van der Waals surface area contributed by atoms with Crippen molar-refractivity contribution in [2.75, 3.05) is 10.6 Å². The van der Waals surface area contributed by atoms with Crippen LogP contribution in [0.25, 0.3) is 0 Å². The van der Waals surface area contributed by atoms with Gasteiger partial charge < -0.3 is 16.1 Å². The molecule has 0 atom stereocenters. The molecule has 2 rings (SSSR count). The Morgan fingerprint density at radius 3 is 2.38 bits per heavy atom. The summed E-state index contributed by atoms with van der Waals surface area (Å²) in [5, 5.41) is 6.51. The zero-order chi connectivity index (χ0) is 9.26. The summed E-state index contributed by atoms with van der Waals surface area (Å²) in [5.74, 6) is 5.83. The number of para-hydroxylation sites is 2. The minimum absolute atomic E-state index is 0.459. The van der Waals surface area contributed by atoms with Crippen molar-refractivity contribution in [2.45, 2.75) is 0 Å². The summed E-state index contributed by atoms with van der Waals surface area (Å²) in [5.41, 5.74) is 4.35. The van der Waals surface area contributed by atoms with Gasteiger partial charge in [0.25, 0.3) is 0 Å². The van der Waals surface area contributed by atoms with Crippen LogP contribution in [0.3, 0.4) is 0 Å². The van der Waals surface area contributed by atoms with Crippen LogP contribution in [-0.4, -0.2) is 0 Å². The number of benzene rings is 1. The highest BCUT2D eigenvalue weighted by molar-refractivity contribution is 6.31. The second-order valence-electron chi connectivity index (χ2n) is 2.63. The van der Waals surface area contributed by atoms with Gasteiger partial charge in [0, 0.05) is 0 Å². The lowest BCUT2D eigenvalue weighted by Crippen LogP contribution is -2.30. The third-order valence-corrected chi connectivity index (χ3v) is 2.08. The first-order valence-electron chi connectivity index (χ1n) is 3.81. The molecule has 0 fully saturated rings. The number of nitrogens with one attached hydrogen (secondary N) is 3. The third kappa shape index (κ3) is 1.41. The number of nitrogens with two attached hydrogens (primary N) is 1. The maximum Gasteiger partial charge on any atom is 0.154 e. The predicted octanol–water partition coefficient (Wildman–Crippen LogP) is 1.35. The summed E-state index contributed by atoms with van der Waals surface area (Å²) >= 11 is 5.87. The summed E-state index contributed by atoms with van der Waals surface area (Å²) < 4.78 is 0. The van der Waals surface area contributed by atoms with Gasteiger partial charge in [-0.2, -0.15) is 0 Å². The van der Waals surface area contributed by atoms with Gasteiger partial charge in [-0.1, -0.05) is 23.7 Å². The average Bonchev–Trinajstić information content (AvgIpc) is 2.17. The molecule has 1 aromatic carbocycles. The lowest BCUT2D eigenvalue weighted by atomic mass is 10.2. The molecule has 0 radical (unpaired) electrons. The van der Waals surface area contributed by atoms with Crippen molar-refractivity contribution in [1.82, 2.24) is 5.43 Å². The van der Waals surface area contributed by atoms with Crippen molar-refractivity contribution in [1.29, 1.82) is 0 Å². The first kappa shape index (κ1) is 8.22. The molecular weight excluding hydrogens is 188 g/mol. The Kier molecular flexibility index (Phi) is 2.00. The topological polar surface area (TPSA) is 62.1 Å². The van der Waals surface area contributed by atoms with E-state index in [0.717, 1.165) is 11.4 Å².